The smallest absolute Gasteiger partial charge is 0.119 e. The van der Waals surface area contributed by atoms with Crippen LogP contribution in [0.3, 0.4) is 0 Å². The van der Waals surface area contributed by atoms with Gasteiger partial charge in [-0.15, -0.1) is 0 Å². The Morgan fingerprint density at radius 1 is 0.870 bits per heavy atom. The topological polar surface area (TPSA) is 47.0 Å². The van der Waals surface area contributed by atoms with Gasteiger partial charge in [0.2, 0.25) is 0 Å². The van der Waals surface area contributed by atoms with Crippen molar-refractivity contribution < 1.29 is 4.74 Å². The van der Waals surface area contributed by atoms with E-state index in [1.54, 1.807) is 12.4 Å². The van der Waals surface area contributed by atoms with E-state index in [1.807, 2.05) is 32.0 Å². The summed E-state index contributed by atoms with van der Waals surface area (Å²) in [5, 5.41) is 3.45. The number of ether oxygens (including phenoxy) is 1. The van der Waals surface area contributed by atoms with E-state index in [2.05, 4.69) is 39.6 Å². The summed E-state index contributed by atoms with van der Waals surface area (Å²) < 4.78 is 5.65. The Hall–Kier alpha value is -2.46. The maximum atomic E-state index is 5.65. The Kier molecular flexibility index (Phi) is 4.83. The minimum absolute atomic E-state index is 0.204. The highest BCUT2D eigenvalue weighted by molar-refractivity contribution is 5.74. The van der Waals surface area contributed by atoms with E-state index in [1.165, 1.54) is 11.1 Å². The summed E-state index contributed by atoms with van der Waals surface area (Å²) >= 11 is 0. The van der Waals surface area contributed by atoms with E-state index < -0.39 is 0 Å². The summed E-state index contributed by atoms with van der Waals surface area (Å²) in [6.45, 7) is 5.68. The van der Waals surface area contributed by atoms with Crippen LogP contribution in [0.15, 0.2) is 54.9 Å². The first-order valence-electron chi connectivity index (χ1n) is 7.87. The molecule has 0 aliphatic rings. The third-order valence-electron chi connectivity index (χ3n) is 3.49. The lowest BCUT2D eigenvalue weighted by molar-refractivity contribution is 0.242. The lowest BCUT2D eigenvalue weighted by atomic mass is 10.1. The fourth-order valence-corrected chi connectivity index (χ4v) is 2.43. The molecule has 0 saturated carbocycles. The third-order valence-corrected chi connectivity index (χ3v) is 3.49. The molecule has 3 rings (SSSR count). The van der Waals surface area contributed by atoms with Crippen molar-refractivity contribution in [3.8, 4) is 5.75 Å². The quantitative estimate of drug-likeness (QED) is 0.754. The molecule has 1 N–H and O–H groups in total. The monoisotopic (exact) mass is 307 g/mol. The van der Waals surface area contributed by atoms with Gasteiger partial charge in [0.1, 0.15) is 5.75 Å². The van der Waals surface area contributed by atoms with Crippen LogP contribution >= 0.6 is 0 Å². The molecule has 0 aliphatic carbocycles. The first kappa shape index (κ1) is 15.4. The molecule has 4 heteroatoms. The second-order valence-electron chi connectivity index (χ2n) is 5.79. The second kappa shape index (κ2) is 7.20. The van der Waals surface area contributed by atoms with Gasteiger partial charge in [-0.3, -0.25) is 9.97 Å². The minimum atomic E-state index is 0.204. The van der Waals surface area contributed by atoms with Crippen LogP contribution in [0.5, 0.6) is 5.75 Å². The Labute approximate surface area is 136 Å². The SMILES string of the molecule is CC(C)Oc1ccc(CNCc2ccc3nccnc3c2)cc1. The van der Waals surface area contributed by atoms with Crippen molar-refractivity contribution in [2.75, 3.05) is 0 Å². The average Bonchev–Trinajstić information content (AvgIpc) is 2.56. The van der Waals surface area contributed by atoms with Crippen LogP contribution in [0, 0.1) is 0 Å². The maximum absolute atomic E-state index is 5.65. The molecule has 0 fully saturated rings. The molecule has 23 heavy (non-hydrogen) atoms. The van der Waals surface area contributed by atoms with Crippen LogP contribution in [0.1, 0.15) is 25.0 Å². The van der Waals surface area contributed by atoms with Gasteiger partial charge < -0.3 is 10.1 Å². The van der Waals surface area contributed by atoms with Crippen molar-refractivity contribution in [1.82, 2.24) is 15.3 Å². The number of hydrogen-bond acceptors (Lipinski definition) is 4. The van der Waals surface area contributed by atoms with E-state index >= 15 is 0 Å². The van der Waals surface area contributed by atoms with Crippen molar-refractivity contribution in [2.45, 2.75) is 33.0 Å². The Morgan fingerprint density at radius 3 is 2.26 bits per heavy atom. The maximum Gasteiger partial charge on any atom is 0.119 e. The van der Waals surface area contributed by atoms with Crippen molar-refractivity contribution in [1.29, 1.82) is 0 Å². The van der Waals surface area contributed by atoms with E-state index in [-0.39, 0.29) is 6.10 Å². The fourth-order valence-electron chi connectivity index (χ4n) is 2.43. The number of rotatable bonds is 6. The molecule has 0 spiro atoms. The highest BCUT2D eigenvalue weighted by atomic mass is 16.5. The van der Waals surface area contributed by atoms with Crippen LogP contribution in [0.4, 0.5) is 0 Å². The van der Waals surface area contributed by atoms with Gasteiger partial charge >= 0.3 is 0 Å². The lowest BCUT2D eigenvalue weighted by Crippen LogP contribution is -2.12. The molecule has 0 atom stereocenters. The number of aromatic nitrogens is 2. The van der Waals surface area contributed by atoms with Crippen molar-refractivity contribution in [3.05, 3.63) is 66.0 Å². The zero-order valence-corrected chi connectivity index (χ0v) is 13.5. The molecule has 0 saturated heterocycles. The Bertz CT molecular complexity index is 769. The predicted octanol–water partition coefficient (Wildman–Crippen LogP) is 3.71. The average molecular weight is 307 g/mol. The second-order valence-corrected chi connectivity index (χ2v) is 5.79. The largest absolute Gasteiger partial charge is 0.491 e. The van der Waals surface area contributed by atoms with E-state index in [0.29, 0.717) is 0 Å². The highest BCUT2D eigenvalue weighted by Crippen LogP contribution is 2.14. The van der Waals surface area contributed by atoms with E-state index in [4.69, 9.17) is 4.74 Å². The summed E-state index contributed by atoms with van der Waals surface area (Å²) in [4.78, 5) is 8.62. The van der Waals surface area contributed by atoms with Gasteiger partial charge in [-0.1, -0.05) is 18.2 Å². The van der Waals surface area contributed by atoms with Gasteiger partial charge in [-0.05, 0) is 49.2 Å². The Balaban J connectivity index is 1.55. The molecule has 0 radical (unpaired) electrons. The lowest BCUT2D eigenvalue weighted by Gasteiger charge is -2.10. The summed E-state index contributed by atoms with van der Waals surface area (Å²) in [5.41, 5.74) is 4.30. The van der Waals surface area contributed by atoms with Crippen molar-refractivity contribution in [2.24, 2.45) is 0 Å². The van der Waals surface area contributed by atoms with Crippen LogP contribution in [-0.2, 0) is 13.1 Å². The highest BCUT2D eigenvalue weighted by Gasteiger charge is 2.00. The standard InChI is InChI=1S/C19H21N3O/c1-14(2)23-17-6-3-15(4-7-17)12-20-13-16-5-8-18-19(11-16)22-10-9-21-18/h3-11,14,20H,12-13H2,1-2H3. The van der Waals surface area contributed by atoms with Gasteiger partial charge in [0.15, 0.2) is 0 Å². The van der Waals surface area contributed by atoms with Crippen LogP contribution < -0.4 is 10.1 Å². The molecular weight excluding hydrogens is 286 g/mol. The molecule has 0 bridgehead atoms. The van der Waals surface area contributed by atoms with Crippen LogP contribution in [0.2, 0.25) is 0 Å². The predicted molar refractivity (Wildman–Crippen MR) is 92.3 cm³/mol. The van der Waals surface area contributed by atoms with E-state index in [9.17, 15) is 0 Å². The van der Waals surface area contributed by atoms with Gasteiger partial charge in [0, 0.05) is 25.5 Å². The Morgan fingerprint density at radius 2 is 1.52 bits per heavy atom. The van der Waals surface area contributed by atoms with Crippen molar-refractivity contribution >= 4 is 11.0 Å². The van der Waals surface area contributed by atoms with Gasteiger partial charge in [-0.2, -0.15) is 0 Å². The first-order valence-corrected chi connectivity index (χ1v) is 7.87. The molecule has 0 amide bonds. The van der Waals surface area contributed by atoms with Crippen LogP contribution in [0.25, 0.3) is 11.0 Å². The molecular formula is C19H21N3O. The molecule has 1 aromatic heterocycles. The molecule has 0 unspecified atom stereocenters. The fraction of sp³-hybridized carbons (Fsp3) is 0.263. The summed E-state index contributed by atoms with van der Waals surface area (Å²) in [6, 6.07) is 14.4. The summed E-state index contributed by atoms with van der Waals surface area (Å²) in [6.07, 6.45) is 3.64. The van der Waals surface area contributed by atoms with Crippen molar-refractivity contribution in [3.63, 3.8) is 0 Å². The molecule has 0 aliphatic heterocycles. The number of nitrogens with one attached hydrogen (secondary N) is 1. The van der Waals surface area contributed by atoms with Gasteiger partial charge in [-0.25, -0.2) is 0 Å². The van der Waals surface area contributed by atoms with Gasteiger partial charge in [0.25, 0.3) is 0 Å². The molecule has 3 aromatic rings. The number of hydrogen-bond donors (Lipinski definition) is 1. The zero-order valence-electron chi connectivity index (χ0n) is 13.5. The zero-order chi connectivity index (χ0) is 16.1. The van der Waals surface area contributed by atoms with Gasteiger partial charge in [0.05, 0.1) is 17.1 Å². The van der Waals surface area contributed by atoms with Crippen LogP contribution in [-0.4, -0.2) is 16.1 Å². The third kappa shape index (κ3) is 4.27. The summed E-state index contributed by atoms with van der Waals surface area (Å²) in [7, 11) is 0. The summed E-state index contributed by atoms with van der Waals surface area (Å²) in [5.74, 6) is 0.914. The number of fused-ring (bicyclic) bond motifs is 1. The molecule has 4 nitrogen and oxygen atoms in total. The number of nitrogens with zero attached hydrogens (tertiary/aromatic N) is 2. The minimum Gasteiger partial charge on any atom is -0.491 e. The number of benzene rings is 2. The van der Waals surface area contributed by atoms with E-state index in [0.717, 1.165) is 29.9 Å². The molecule has 118 valence electrons. The normalized spacial score (nSPS) is 11.1. The molecule has 1 heterocycles. The first-order chi connectivity index (χ1) is 11.2. The molecule has 2 aromatic carbocycles.